The average Bonchev–Trinajstić information content (AvgIpc) is 3.41. The summed E-state index contributed by atoms with van der Waals surface area (Å²) in [6.45, 7) is 5.37. The lowest BCUT2D eigenvalue weighted by molar-refractivity contribution is 0.0948. The Balaban J connectivity index is 1.23. The number of nitrogens with zero attached hydrogens (tertiary/aromatic N) is 3. The van der Waals surface area contributed by atoms with Crippen LogP contribution < -0.4 is 26.6 Å². The number of H-pyrrole nitrogens is 1. The third kappa shape index (κ3) is 4.34. The average molecular weight is 435 g/mol. The summed E-state index contributed by atoms with van der Waals surface area (Å²) in [5, 5.41) is 11.7. The van der Waals surface area contributed by atoms with Crippen LogP contribution in [0.3, 0.4) is 0 Å². The summed E-state index contributed by atoms with van der Waals surface area (Å²) in [5.41, 5.74) is 9.31. The smallest absolute Gasteiger partial charge is 0.269 e. The predicted molar refractivity (Wildman–Crippen MR) is 128 cm³/mol. The summed E-state index contributed by atoms with van der Waals surface area (Å²) in [6.07, 6.45) is 4.66. The number of hydrogen-bond donors (Lipinski definition) is 5. The maximum absolute atomic E-state index is 12.7. The van der Waals surface area contributed by atoms with Gasteiger partial charge in [-0.1, -0.05) is 0 Å². The number of aliphatic imine (C=N–C) groups is 1. The second-order valence-electron chi connectivity index (χ2n) is 8.53. The number of amides is 1. The van der Waals surface area contributed by atoms with Crippen molar-refractivity contribution in [1.29, 1.82) is 0 Å². The highest BCUT2D eigenvalue weighted by Crippen LogP contribution is 2.29. The number of rotatable bonds is 7. The number of aromatic nitrogens is 2. The van der Waals surface area contributed by atoms with Crippen LogP contribution in [0.4, 0.5) is 5.69 Å². The molecule has 4 heterocycles. The lowest BCUT2D eigenvalue weighted by Gasteiger charge is -2.29. The van der Waals surface area contributed by atoms with Gasteiger partial charge < -0.3 is 31.6 Å². The molecule has 2 aromatic heterocycles. The van der Waals surface area contributed by atoms with E-state index in [-0.39, 0.29) is 5.91 Å². The fourth-order valence-electron chi connectivity index (χ4n) is 4.51. The van der Waals surface area contributed by atoms with Gasteiger partial charge in [-0.05, 0) is 43.5 Å². The fraction of sp³-hybridized carbons (Fsp3) is 0.435. The van der Waals surface area contributed by atoms with Crippen LogP contribution in [0.15, 0.2) is 35.5 Å². The van der Waals surface area contributed by atoms with Crippen molar-refractivity contribution in [3.8, 4) is 0 Å². The minimum atomic E-state index is -0.133. The summed E-state index contributed by atoms with van der Waals surface area (Å²) in [7, 11) is 0. The second kappa shape index (κ2) is 9.04. The maximum atomic E-state index is 12.7. The van der Waals surface area contributed by atoms with Gasteiger partial charge >= 0.3 is 0 Å². The number of carbonyl (C=O) groups excluding carboxylic acids is 1. The van der Waals surface area contributed by atoms with Gasteiger partial charge in [0.15, 0.2) is 5.96 Å². The Bertz CT molecular complexity index is 1150. The molecule has 0 aliphatic carbocycles. The number of nitrogens with two attached hydrogens (primary N) is 1. The van der Waals surface area contributed by atoms with Crippen LogP contribution in [-0.4, -0.2) is 67.1 Å². The minimum Gasteiger partial charge on any atom is -0.370 e. The van der Waals surface area contributed by atoms with Gasteiger partial charge in [0, 0.05) is 60.7 Å². The summed E-state index contributed by atoms with van der Waals surface area (Å²) >= 11 is 0. The monoisotopic (exact) mass is 434 g/mol. The van der Waals surface area contributed by atoms with Gasteiger partial charge in [-0.25, -0.2) is 4.98 Å². The SMILES string of the molecule is NC1=NCC(CCCCNC(=O)c2cc3c(cn2)[nH]c2ccc(N4CCNCC4)cc23)N1. The first kappa shape index (κ1) is 20.6. The number of aromatic amines is 1. The summed E-state index contributed by atoms with van der Waals surface area (Å²) in [6, 6.07) is 8.71. The van der Waals surface area contributed by atoms with Crippen molar-refractivity contribution >= 4 is 39.4 Å². The molecule has 1 amide bonds. The second-order valence-corrected chi connectivity index (χ2v) is 8.53. The number of anilines is 1. The highest BCUT2D eigenvalue weighted by Gasteiger charge is 2.16. The molecule has 168 valence electrons. The van der Waals surface area contributed by atoms with Gasteiger partial charge in [0.05, 0.1) is 18.3 Å². The molecule has 1 saturated heterocycles. The number of pyridine rings is 1. The first-order valence-corrected chi connectivity index (χ1v) is 11.4. The molecule has 32 heavy (non-hydrogen) atoms. The molecule has 1 fully saturated rings. The Morgan fingerprint density at radius 2 is 2.00 bits per heavy atom. The van der Waals surface area contributed by atoms with Crippen LogP contribution in [0.1, 0.15) is 29.8 Å². The molecule has 2 aliphatic rings. The van der Waals surface area contributed by atoms with E-state index < -0.39 is 0 Å². The zero-order valence-corrected chi connectivity index (χ0v) is 18.2. The van der Waals surface area contributed by atoms with Gasteiger partial charge in [0.1, 0.15) is 5.69 Å². The highest BCUT2D eigenvalue weighted by atomic mass is 16.1. The van der Waals surface area contributed by atoms with Crippen molar-refractivity contribution in [2.45, 2.75) is 25.3 Å². The van der Waals surface area contributed by atoms with E-state index in [1.807, 2.05) is 6.07 Å². The molecule has 2 aliphatic heterocycles. The lowest BCUT2D eigenvalue weighted by atomic mass is 10.1. The molecule has 3 aromatic rings. The fourth-order valence-corrected chi connectivity index (χ4v) is 4.51. The Hall–Kier alpha value is -3.33. The van der Waals surface area contributed by atoms with E-state index >= 15 is 0 Å². The zero-order valence-electron chi connectivity index (χ0n) is 18.2. The number of piperazine rings is 1. The molecule has 1 atom stereocenters. The van der Waals surface area contributed by atoms with E-state index in [4.69, 9.17) is 5.73 Å². The van der Waals surface area contributed by atoms with Crippen molar-refractivity contribution < 1.29 is 4.79 Å². The third-order valence-corrected chi connectivity index (χ3v) is 6.28. The molecular formula is C23H30N8O. The lowest BCUT2D eigenvalue weighted by Crippen LogP contribution is -2.43. The molecule has 9 nitrogen and oxygen atoms in total. The number of hydrogen-bond acceptors (Lipinski definition) is 7. The van der Waals surface area contributed by atoms with Gasteiger partial charge in [0.25, 0.3) is 5.91 Å². The van der Waals surface area contributed by atoms with Gasteiger partial charge in [-0.15, -0.1) is 0 Å². The molecule has 0 saturated carbocycles. The maximum Gasteiger partial charge on any atom is 0.269 e. The van der Waals surface area contributed by atoms with Crippen LogP contribution in [0, 0.1) is 0 Å². The van der Waals surface area contributed by atoms with Crippen molar-refractivity contribution in [1.82, 2.24) is 25.9 Å². The van der Waals surface area contributed by atoms with Crippen molar-refractivity contribution in [3.05, 3.63) is 36.2 Å². The number of unbranched alkanes of at least 4 members (excludes halogenated alkanes) is 1. The predicted octanol–water partition coefficient (Wildman–Crippen LogP) is 1.31. The van der Waals surface area contributed by atoms with E-state index in [0.29, 0.717) is 24.2 Å². The van der Waals surface area contributed by atoms with E-state index in [0.717, 1.165) is 73.8 Å². The normalized spacial score (nSPS) is 18.7. The summed E-state index contributed by atoms with van der Waals surface area (Å²) < 4.78 is 0. The number of carbonyl (C=O) groups is 1. The minimum absolute atomic E-state index is 0.133. The van der Waals surface area contributed by atoms with E-state index in [1.54, 1.807) is 6.20 Å². The number of fused-ring (bicyclic) bond motifs is 3. The first-order valence-electron chi connectivity index (χ1n) is 11.4. The van der Waals surface area contributed by atoms with Crippen LogP contribution in [-0.2, 0) is 0 Å². The van der Waals surface area contributed by atoms with Crippen molar-refractivity contribution in [2.75, 3.05) is 44.2 Å². The van der Waals surface area contributed by atoms with Crippen LogP contribution in [0.2, 0.25) is 0 Å². The van der Waals surface area contributed by atoms with Gasteiger partial charge in [-0.3, -0.25) is 9.79 Å². The molecule has 0 spiro atoms. The zero-order chi connectivity index (χ0) is 21.9. The Morgan fingerprint density at radius 1 is 1.16 bits per heavy atom. The molecule has 6 N–H and O–H groups in total. The van der Waals surface area contributed by atoms with E-state index in [2.05, 4.69) is 54.0 Å². The summed E-state index contributed by atoms with van der Waals surface area (Å²) in [5.74, 6) is 0.396. The highest BCUT2D eigenvalue weighted by molar-refractivity contribution is 6.10. The molecule has 0 radical (unpaired) electrons. The molecule has 1 aromatic carbocycles. The topological polar surface area (TPSA) is 123 Å². The Morgan fingerprint density at radius 3 is 2.81 bits per heavy atom. The standard InChI is InChI=1S/C23H30N8O/c24-23-28-13-15(29-23)3-1-2-6-26-22(32)20-12-18-17-11-16(31-9-7-25-8-10-31)4-5-19(17)30-21(18)14-27-20/h4-5,11-12,14-15,25,30H,1-3,6-10,13H2,(H,26,32)(H3,24,28,29). The molecule has 1 unspecified atom stereocenters. The van der Waals surface area contributed by atoms with Crippen LogP contribution >= 0.6 is 0 Å². The largest absolute Gasteiger partial charge is 0.370 e. The number of guanidine groups is 1. The van der Waals surface area contributed by atoms with Crippen molar-refractivity contribution in [3.63, 3.8) is 0 Å². The van der Waals surface area contributed by atoms with E-state index in [9.17, 15) is 4.79 Å². The number of nitrogens with one attached hydrogen (secondary N) is 4. The summed E-state index contributed by atoms with van der Waals surface area (Å²) in [4.78, 5) is 27.0. The van der Waals surface area contributed by atoms with Gasteiger partial charge in [-0.2, -0.15) is 0 Å². The van der Waals surface area contributed by atoms with Crippen LogP contribution in [0.5, 0.6) is 0 Å². The van der Waals surface area contributed by atoms with Crippen molar-refractivity contribution in [2.24, 2.45) is 10.7 Å². The first-order chi connectivity index (χ1) is 15.7. The Kier molecular flexibility index (Phi) is 5.81. The third-order valence-electron chi connectivity index (χ3n) is 6.28. The Labute approximate surface area is 186 Å². The van der Waals surface area contributed by atoms with Gasteiger partial charge in [0.2, 0.25) is 0 Å². The quantitative estimate of drug-likeness (QED) is 0.357. The molecular weight excluding hydrogens is 404 g/mol. The van der Waals surface area contributed by atoms with E-state index in [1.165, 1.54) is 5.69 Å². The molecule has 0 bridgehead atoms. The number of benzene rings is 1. The molecule has 9 heteroatoms. The molecule has 5 rings (SSSR count). The van der Waals surface area contributed by atoms with Crippen LogP contribution in [0.25, 0.3) is 21.8 Å².